The number of carbonyl (C=O) groups is 8. The summed E-state index contributed by atoms with van der Waals surface area (Å²) in [6, 6.07) is 0. The van der Waals surface area contributed by atoms with Gasteiger partial charge >= 0.3 is 47.8 Å². The molecule has 20 heteroatoms. The third kappa shape index (κ3) is 18.0. The zero-order chi connectivity index (χ0) is 69.3. The van der Waals surface area contributed by atoms with Crippen LogP contribution in [0.1, 0.15) is 269 Å². The van der Waals surface area contributed by atoms with E-state index in [1.165, 1.54) is 6.42 Å². The monoisotopic (exact) mass is 1340 g/mol. The quantitative estimate of drug-likeness (QED) is 0.0516. The van der Waals surface area contributed by atoms with E-state index in [4.69, 9.17) is 37.9 Å². The normalized spacial score (nSPS) is 37.8. The minimum absolute atomic E-state index is 0.0452. The average molecular weight is 1340 g/mol. The van der Waals surface area contributed by atoms with Crippen molar-refractivity contribution in [2.75, 3.05) is 26.4 Å². The molecule has 20 nitrogen and oxygen atoms in total. The van der Waals surface area contributed by atoms with Crippen LogP contribution in [0.2, 0.25) is 0 Å². The number of ether oxygens (including phenoxy) is 8. The number of esters is 8. The molecule has 16 aliphatic rings. The molecular weight excluding hydrogens is 1220 g/mol. The fourth-order valence-electron chi connectivity index (χ4n) is 20.0. The second-order valence-electron chi connectivity index (χ2n) is 34.5. The van der Waals surface area contributed by atoms with Crippen molar-refractivity contribution in [3.05, 3.63) is 0 Å². The topological polar surface area (TPSA) is 291 Å². The van der Waals surface area contributed by atoms with Gasteiger partial charge in [0.2, 0.25) is 0 Å². The average Bonchev–Trinajstić information content (AvgIpc) is 0.759. The van der Waals surface area contributed by atoms with Crippen molar-refractivity contribution in [1.29, 1.82) is 0 Å². The van der Waals surface area contributed by atoms with Crippen LogP contribution in [0.25, 0.3) is 0 Å². The van der Waals surface area contributed by atoms with Gasteiger partial charge in [-0.3, -0.25) is 38.4 Å². The maximum Gasteiger partial charge on any atom is 0.311 e. The summed E-state index contributed by atoms with van der Waals surface area (Å²) in [6.45, 7) is 20.8. The first-order valence-electron chi connectivity index (χ1n) is 36.9. The van der Waals surface area contributed by atoms with Gasteiger partial charge in [-0.15, -0.1) is 0 Å². The highest BCUT2D eigenvalue weighted by Crippen LogP contribution is 2.62. The predicted octanol–water partition coefficient (Wildman–Crippen LogP) is 11.3. The van der Waals surface area contributed by atoms with Crippen LogP contribution < -0.4 is 0 Å². The summed E-state index contributed by atoms with van der Waals surface area (Å²) < 4.78 is 44.0. The molecule has 10 unspecified atom stereocenters. The first-order chi connectivity index (χ1) is 44.5. The van der Waals surface area contributed by atoms with Gasteiger partial charge in [0.05, 0.1) is 71.3 Å². The van der Waals surface area contributed by atoms with Crippen molar-refractivity contribution in [3.8, 4) is 0 Å². The lowest BCUT2D eigenvalue weighted by molar-refractivity contribution is -0.228. The Kier molecular flexibility index (Phi) is 23.2. The van der Waals surface area contributed by atoms with Crippen molar-refractivity contribution < 1.29 is 96.7 Å². The molecule has 538 valence electrons. The zero-order valence-electron chi connectivity index (χ0n) is 59.4. The Morgan fingerprint density at radius 1 is 0.400 bits per heavy atom. The minimum atomic E-state index is -0.682. The van der Waals surface area contributed by atoms with E-state index >= 15 is 0 Å². The lowest BCUT2D eigenvalue weighted by atomic mass is 9.52. The lowest BCUT2D eigenvalue weighted by Gasteiger charge is -2.59. The van der Waals surface area contributed by atoms with E-state index in [0.717, 1.165) is 128 Å². The zero-order valence-corrected chi connectivity index (χ0v) is 59.4. The number of rotatable bonds is 24. The lowest BCUT2D eigenvalue weighted by Crippen LogP contribution is -2.62. The highest BCUT2D eigenvalue weighted by atomic mass is 16.6. The molecule has 0 radical (unpaired) electrons. The van der Waals surface area contributed by atoms with Gasteiger partial charge in [-0.05, 0) is 255 Å². The molecule has 16 fully saturated rings. The number of hydrogen-bond donors (Lipinski definition) is 4. The van der Waals surface area contributed by atoms with Crippen LogP contribution in [0.4, 0.5) is 0 Å². The summed E-state index contributed by atoms with van der Waals surface area (Å²) in [5.41, 5.74) is -4.85. The molecule has 10 atom stereocenters. The van der Waals surface area contributed by atoms with Crippen molar-refractivity contribution in [3.63, 3.8) is 0 Å². The Morgan fingerprint density at radius 3 is 1.07 bits per heavy atom. The molecule has 16 rings (SSSR count). The molecule has 0 aromatic carbocycles. The van der Waals surface area contributed by atoms with Gasteiger partial charge in [-0.1, -0.05) is 34.6 Å². The number of aliphatic hydroxyl groups excluding tert-OH is 2. The summed E-state index contributed by atoms with van der Waals surface area (Å²) >= 11 is 0. The van der Waals surface area contributed by atoms with E-state index in [2.05, 4.69) is 0 Å². The summed E-state index contributed by atoms with van der Waals surface area (Å²) in [4.78, 5) is 96.2. The first kappa shape index (κ1) is 74.8. The Labute approximate surface area is 564 Å². The molecular formula is C75H118O20. The molecule has 0 aliphatic heterocycles. The van der Waals surface area contributed by atoms with Gasteiger partial charge in [-0.2, -0.15) is 0 Å². The standard InChI is InChI=1S/3C19H30O5.C18H28O5/c1-4-17(2,3)16(21)23-6-5-15(20)24-19-10-13-7-14(11-19)9-18(22,8-13)12-19;1-4-18(2,3)17(22)23-6-5-15(20)24-19-10-12-7-13(11-19)9-14(8-12)16(19)21;1-4-18(2,3)17(22)23-6-5-15(20)24-19-9-12-7-13(10-19)16(21)14(8-12)11-19;1-3-12(2)16(20)22-5-4-15(19)23-18-9-13-6-14(10-18)8-17(21,7-13)11-18/h13-14,22H,4-12H2,1-3H3;2*12-14,16,21H,4-11H2,1-3H3;12-14,21H,3-11H2,1-2H3. The van der Waals surface area contributed by atoms with E-state index in [-0.39, 0.29) is 135 Å². The van der Waals surface area contributed by atoms with E-state index in [1.54, 1.807) is 0 Å². The molecule has 16 bridgehead atoms. The third-order valence-corrected chi connectivity index (χ3v) is 25.1. The van der Waals surface area contributed by atoms with Gasteiger partial charge in [0.25, 0.3) is 0 Å². The Bertz CT molecular complexity index is 2700. The molecule has 16 aliphatic carbocycles. The van der Waals surface area contributed by atoms with Crippen molar-refractivity contribution in [2.24, 2.45) is 81.3 Å². The number of hydrogen-bond acceptors (Lipinski definition) is 20. The van der Waals surface area contributed by atoms with Gasteiger partial charge in [0, 0.05) is 12.8 Å². The van der Waals surface area contributed by atoms with Gasteiger partial charge in [0.1, 0.15) is 48.8 Å². The van der Waals surface area contributed by atoms with E-state index in [1.807, 2.05) is 76.2 Å². The van der Waals surface area contributed by atoms with Crippen LogP contribution in [-0.2, 0) is 76.3 Å². The van der Waals surface area contributed by atoms with Crippen LogP contribution in [-0.4, -0.2) is 140 Å². The molecule has 4 N–H and O–H groups in total. The molecule has 0 heterocycles. The molecule has 16 saturated carbocycles. The SMILES string of the molecule is CCC(C)(C)C(=O)OCCC(=O)OC12CC3CC(C1)C(O)C(C3)C2.CCC(C)(C)C(=O)OCCC(=O)OC12CC3CC(CC(C3)C1O)C2.CCC(C)(C)C(=O)OCCC(=O)OC12CC3CC(CC(O)(C3)C1)C2.CCC(C)C(=O)OCCC(=O)OC12CC3CC(CC(O)(C3)C1)C2. The number of aliphatic hydroxyl groups is 4. The highest BCUT2D eigenvalue weighted by Gasteiger charge is 2.62. The van der Waals surface area contributed by atoms with Crippen LogP contribution in [0.15, 0.2) is 0 Å². The third-order valence-electron chi connectivity index (χ3n) is 25.1. The van der Waals surface area contributed by atoms with Crippen LogP contribution >= 0.6 is 0 Å². The smallest absolute Gasteiger partial charge is 0.311 e. The minimum Gasteiger partial charge on any atom is -0.465 e. The summed E-state index contributed by atoms with van der Waals surface area (Å²) in [6.07, 6.45) is 22.4. The predicted molar refractivity (Wildman–Crippen MR) is 348 cm³/mol. The fraction of sp³-hybridized carbons (Fsp3) is 0.893. The van der Waals surface area contributed by atoms with Crippen molar-refractivity contribution in [1.82, 2.24) is 0 Å². The second kappa shape index (κ2) is 29.4. The fourth-order valence-corrected chi connectivity index (χ4v) is 20.0. The van der Waals surface area contributed by atoms with Crippen molar-refractivity contribution >= 4 is 47.8 Å². The van der Waals surface area contributed by atoms with Gasteiger partial charge in [0.15, 0.2) is 0 Å². The summed E-state index contributed by atoms with van der Waals surface area (Å²) in [5.74, 6) is 2.03. The summed E-state index contributed by atoms with van der Waals surface area (Å²) in [7, 11) is 0. The Morgan fingerprint density at radius 2 is 0.716 bits per heavy atom. The Balaban J connectivity index is 0.000000149. The largest absolute Gasteiger partial charge is 0.465 e. The van der Waals surface area contributed by atoms with Gasteiger partial charge in [-0.25, -0.2) is 0 Å². The van der Waals surface area contributed by atoms with Crippen molar-refractivity contribution in [2.45, 2.75) is 315 Å². The van der Waals surface area contributed by atoms with Crippen LogP contribution in [0.5, 0.6) is 0 Å². The molecule has 0 amide bonds. The maximum absolute atomic E-state index is 12.2. The van der Waals surface area contributed by atoms with Crippen LogP contribution in [0.3, 0.4) is 0 Å². The molecule has 0 spiro atoms. The first-order valence-corrected chi connectivity index (χ1v) is 36.9. The number of carbonyl (C=O) groups excluding carboxylic acids is 8. The Hall–Kier alpha value is -4.40. The second-order valence-corrected chi connectivity index (χ2v) is 34.5. The molecule has 0 saturated heterocycles. The van der Waals surface area contributed by atoms with Gasteiger partial charge < -0.3 is 58.3 Å². The van der Waals surface area contributed by atoms with E-state index < -0.39 is 50.4 Å². The van der Waals surface area contributed by atoms with E-state index in [9.17, 15) is 58.8 Å². The summed E-state index contributed by atoms with van der Waals surface area (Å²) in [5, 5.41) is 42.2. The van der Waals surface area contributed by atoms with E-state index in [0.29, 0.717) is 73.5 Å². The molecule has 95 heavy (non-hydrogen) atoms. The van der Waals surface area contributed by atoms with Crippen LogP contribution in [0, 0.1) is 81.3 Å². The molecule has 0 aromatic heterocycles. The molecule has 0 aromatic rings. The maximum atomic E-state index is 12.2. The highest BCUT2D eigenvalue weighted by molar-refractivity contribution is 5.78.